The number of carbonyl (C=O) groups excluding carboxylic acids is 4. The highest BCUT2D eigenvalue weighted by Gasteiger charge is 2.43. The van der Waals surface area contributed by atoms with Crippen molar-refractivity contribution >= 4 is 34.8 Å². The molecule has 1 atom stereocenters. The molecule has 3 aromatic heterocycles. The number of amides is 4. The molecule has 380 valence electrons. The monoisotopic (exact) mass is 992 g/mol. The van der Waals surface area contributed by atoms with Crippen molar-refractivity contribution in [2.45, 2.75) is 62.8 Å². The summed E-state index contributed by atoms with van der Waals surface area (Å²) < 4.78 is 53.9. The molecule has 5 fully saturated rings. The fraction of sp³-hybridized carbons (Fsp3) is 0.510. The van der Waals surface area contributed by atoms with Gasteiger partial charge in [0, 0.05) is 121 Å². The average Bonchev–Trinajstić information content (AvgIpc) is 4.03. The summed E-state index contributed by atoms with van der Waals surface area (Å²) in [6, 6.07) is 13.7. The van der Waals surface area contributed by atoms with Gasteiger partial charge in [0.1, 0.15) is 18.2 Å². The zero-order valence-corrected chi connectivity index (χ0v) is 40.4. The molecule has 18 nitrogen and oxygen atoms in total. The van der Waals surface area contributed by atoms with Crippen LogP contribution >= 0.6 is 0 Å². The van der Waals surface area contributed by atoms with Gasteiger partial charge < -0.3 is 24.0 Å². The van der Waals surface area contributed by atoms with Crippen LogP contribution < -0.4 is 15.9 Å². The maximum atomic E-state index is 14.7. The van der Waals surface area contributed by atoms with Crippen molar-refractivity contribution in [1.29, 1.82) is 0 Å². The van der Waals surface area contributed by atoms with Crippen molar-refractivity contribution in [2.75, 3.05) is 96.7 Å². The molecule has 0 radical (unpaired) electrons. The van der Waals surface area contributed by atoms with Gasteiger partial charge in [0.25, 0.3) is 5.91 Å². The van der Waals surface area contributed by atoms with E-state index in [-0.39, 0.29) is 36.2 Å². The Balaban J connectivity index is 0.644. The third-order valence-electron chi connectivity index (χ3n) is 15.9. The molecule has 5 aromatic rings. The number of rotatable bonds is 12. The van der Waals surface area contributed by atoms with Crippen LogP contribution in [0.1, 0.15) is 64.1 Å². The van der Waals surface area contributed by atoms with Crippen LogP contribution in [-0.2, 0) is 57.3 Å². The van der Waals surface area contributed by atoms with Crippen LogP contribution in [0.15, 0.2) is 72.0 Å². The summed E-state index contributed by atoms with van der Waals surface area (Å²) in [7, 11) is 1.87. The lowest BCUT2D eigenvalue weighted by Gasteiger charge is -2.41. The number of carbonyl (C=O) groups is 4. The minimum atomic E-state index is -4.70. The molecular weight excluding hydrogens is 934 g/mol. The summed E-state index contributed by atoms with van der Waals surface area (Å²) in [4.78, 5) is 77.4. The number of imide groups is 1. The summed E-state index contributed by atoms with van der Waals surface area (Å²) in [5.74, 6) is 0.498. The number of hydrogen-bond acceptors (Lipinski definition) is 12. The fourth-order valence-electron chi connectivity index (χ4n) is 11.6. The largest absolute Gasteiger partial charge is 0.418 e. The van der Waals surface area contributed by atoms with Crippen LogP contribution in [0, 0.1) is 5.92 Å². The number of alkyl halides is 3. The average molecular weight is 993 g/mol. The summed E-state index contributed by atoms with van der Waals surface area (Å²) in [6.07, 6.45) is 2.83. The summed E-state index contributed by atoms with van der Waals surface area (Å²) in [5.41, 5.74) is 2.18. The van der Waals surface area contributed by atoms with Gasteiger partial charge in [-0.3, -0.25) is 48.2 Å². The molecule has 9 heterocycles. The van der Waals surface area contributed by atoms with E-state index in [1.165, 1.54) is 17.0 Å². The van der Waals surface area contributed by atoms with E-state index in [1.54, 1.807) is 23.4 Å². The molecule has 6 aliphatic rings. The number of anilines is 1. The van der Waals surface area contributed by atoms with Crippen molar-refractivity contribution in [3.05, 3.63) is 111 Å². The Morgan fingerprint density at radius 3 is 2.31 bits per heavy atom. The molecule has 4 amide bonds. The number of halogens is 3. The van der Waals surface area contributed by atoms with E-state index in [0.29, 0.717) is 88.1 Å². The first kappa shape index (κ1) is 47.9. The first-order valence-corrected chi connectivity index (χ1v) is 25.0. The number of piperidine rings is 2. The Morgan fingerprint density at radius 1 is 0.847 bits per heavy atom. The predicted octanol–water partition coefficient (Wildman–Crippen LogP) is 2.69. The lowest BCUT2D eigenvalue weighted by molar-refractivity contribution is -0.137. The van der Waals surface area contributed by atoms with E-state index < -0.39 is 34.8 Å². The van der Waals surface area contributed by atoms with Crippen molar-refractivity contribution in [3.63, 3.8) is 0 Å². The van der Waals surface area contributed by atoms with E-state index in [0.717, 1.165) is 91.8 Å². The molecule has 0 aliphatic carbocycles. The molecule has 0 saturated carbocycles. The van der Waals surface area contributed by atoms with E-state index in [4.69, 9.17) is 4.74 Å². The van der Waals surface area contributed by atoms with Crippen molar-refractivity contribution in [2.24, 2.45) is 13.0 Å². The molecule has 11 rings (SSSR count). The zero-order chi connectivity index (χ0) is 49.9. The first-order valence-electron chi connectivity index (χ1n) is 25.0. The third kappa shape index (κ3) is 9.42. The number of benzene rings is 2. The van der Waals surface area contributed by atoms with Crippen LogP contribution in [0.25, 0.3) is 11.2 Å². The SMILES string of the molecule is Cn1cnnc1CC1(c2cccc(-n3cc4c(C(F)(F)F)cc(CN5CCN(C(=O)CN6CCC(CN7CCN(c8ccc9c(c8)CN([C@@H]8CCC(=O)NC8=O)C9=O)CC7)CC6)CC5)cn4c3=O)c2)COC1. The normalized spacial score (nSPS) is 21.6. The Morgan fingerprint density at radius 2 is 1.61 bits per heavy atom. The number of nitrogens with zero attached hydrogens (tertiary/aromatic N) is 11. The van der Waals surface area contributed by atoms with Crippen LogP contribution in [0.3, 0.4) is 0 Å². The van der Waals surface area contributed by atoms with Crippen molar-refractivity contribution in [1.82, 2.24) is 53.5 Å². The van der Waals surface area contributed by atoms with Crippen molar-refractivity contribution in [3.8, 4) is 5.69 Å². The summed E-state index contributed by atoms with van der Waals surface area (Å²) in [5, 5.41) is 10.6. The number of piperazine rings is 2. The molecule has 0 bridgehead atoms. The number of imidazole rings is 1. The zero-order valence-electron chi connectivity index (χ0n) is 40.4. The summed E-state index contributed by atoms with van der Waals surface area (Å²) >= 11 is 0. The van der Waals surface area contributed by atoms with E-state index in [1.807, 2.05) is 45.7 Å². The van der Waals surface area contributed by atoms with E-state index in [2.05, 4.69) is 36.3 Å². The van der Waals surface area contributed by atoms with Gasteiger partial charge in [0.2, 0.25) is 17.7 Å². The minimum absolute atomic E-state index is 0.0611. The molecule has 21 heteroatoms. The highest BCUT2D eigenvalue weighted by Crippen LogP contribution is 2.38. The molecule has 5 saturated heterocycles. The highest BCUT2D eigenvalue weighted by atomic mass is 19.4. The molecule has 1 N–H and O–H groups in total. The van der Waals surface area contributed by atoms with Crippen LogP contribution in [0.4, 0.5) is 18.9 Å². The highest BCUT2D eigenvalue weighted by molar-refractivity contribution is 6.05. The maximum Gasteiger partial charge on any atom is 0.418 e. The Labute approximate surface area is 413 Å². The van der Waals surface area contributed by atoms with Crippen LogP contribution in [0.5, 0.6) is 0 Å². The van der Waals surface area contributed by atoms with Crippen LogP contribution in [0.2, 0.25) is 0 Å². The predicted molar refractivity (Wildman–Crippen MR) is 257 cm³/mol. The van der Waals surface area contributed by atoms with Gasteiger partial charge in [-0.15, -0.1) is 10.2 Å². The summed E-state index contributed by atoms with van der Waals surface area (Å²) in [6.45, 7) is 9.97. The number of aromatic nitrogens is 5. The molecule has 0 unspecified atom stereocenters. The smallest absolute Gasteiger partial charge is 0.379 e. The van der Waals surface area contributed by atoms with Gasteiger partial charge >= 0.3 is 11.9 Å². The molecule has 2 aromatic carbocycles. The number of likely N-dealkylation sites (tertiary alicyclic amines) is 1. The van der Waals surface area contributed by atoms with Gasteiger partial charge in [-0.1, -0.05) is 12.1 Å². The van der Waals surface area contributed by atoms with Gasteiger partial charge in [0.15, 0.2) is 0 Å². The molecular formula is C51H59F3N12O6. The quantitative estimate of drug-likeness (QED) is 0.182. The Hall–Kier alpha value is -6.42. The fourth-order valence-corrected chi connectivity index (χ4v) is 11.6. The van der Waals surface area contributed by atoms with Crippen LogP contribution in [-0.4, -0.2) is 170 Å². The first-order chi connectivity index (χ1) is 34.7. The number of aryl methyl sites for hydroxylation is 1. The third-order valence-corrected chi connectivity index (χ3v) is 15.9. The van der Waals surface area contributed by atoms with Crippen molar-refractivity contribution < 1.29 is 37.1 Å². The lowest BCUT2D eigenvalue weighted by atomic mass is 9.75. The topological polar surface area (TPSA) is 166 Å². The standard InChI is InChI=1S/C51H59F3N12O6/c1-58-33-55-57-44(58)24-50(31-72-32-50)37-3-2-4-39(23-37)64-29-43-41(51(52,53)54)21-35(27-66(43)49(64)71)26-61-15-19-63(20-16-61)46(68)30-59-11-9-34(10-12-59)25-60-13-17-62(18-14-60)38-5-6-40-36(22-38)28-65(48(40)70)42-7-8-45(67)56-47(42)69/h2-6,21-23,27,29,33-34,42H,7-20,24-26,28,30-32H2,1H3,(H,56,67,69)/t42-/m1/s1. The van der Waals surface area contributed by atoms with Gasteiger partial charge in [-0.2, -0.15) is 13.2 Å². The molecule has 72 heavy (non-hydrogen) atoms. The van der Waals surface area contributed by atoms with E-state index in [9.17, 15) is 37.1 Å². The number of nitrogens with one attached hydrogen (secondary N) is 1. The molecule has 0 spiro atoms. The van der Waals surface area contributed by atoms with Gasteiger partial charge in [-0.25, -0.2) is 4.79 Å². The second-order valence-corrected chi connectivity index (χ2v) is 20.6. The number of pyridine rings is 1. The minimum Gasteiger partial charge on any atom is -0.379 e. The van der Waals surface area contributed by atoms with Gasteiger partial charge in [-0.05, 0) is 91.4 Å². The maximum absolute atomic E-state index is 14.7. The number of ether oxygens (including phenoxy) is 1. The lowest BCUT2D eigenvalue weighted by Crippen LogP contribution is -2.52. The second kappa shape index (κ2) is 19.2. The second-order valence-electron chi connectivity index (χ2n) is 20.6. The van der Waals surface area contributed by atoms with Gasteiger partial charge in [0.05, 0.1) is 36.5 Å². The van der Waals surface area contributed by atoms with E-state index >= 15 is 0 Å². The number of hydrogen-bond donors (Lipinski definition) is 1. The number of fused-ring (bicyclic) bond motifs is 2. The molecule has 6 aliphatic heterocycles. The Kier molecular flexibility index (Phi) is 12.8. The Bertz CT molecular complexity index is 2960.